The smallest absolute Gasteiger partial charge is 0.318 e. The molecule has 0 radical (unpaired) electrons. The summed E-state index contributed by atoms with van der Waals surface area (Å²) in [6.07, 6.45) is 5.85. The van der Waals surface area contributed by atoms with Gasteiger partial charge in [-0.2, -0.15) is 0 Å². The minimum Gasteiger partial charge on any atom is -0.489 e. The molecule has 0 aromatic heterocycles. The lowest BCUT2D eigenvalue weighted by Crippen LogP contribution is -2.57. The molecule has 228 valence electrons. The fourth-order valence-electron chi connectivity index (χ4n) is 5.48. The minimum atomic E-state index is -0.779. The standard InChI is InChI=1S/C33H47N5O4/c1-24(2)20-29(37-33(41)38-18-8-3-4-9-19-38)32(40)36-30(31(39)35-27-16-17-34-22-27)21-25-12-14-28(15-13-25)42-23-26-10-6-5-7-11-26/h5-7,10-15,24,27,29-30,34H,3-4,8-9,16-23H2,1-2H3,(H,35,39)(H,36,40)(H,37,41)/t27?,29-,30-/m0/s1. The minimum absolute atomic E-state index is 0.0277. The average Bonchev–Trinajstić information content (AvgIpc) is 3.34. The molecule has 2 aromatic carbocycles. The van der Waals surface area contributed by atoms with Crippen LogP contribution in [-0.2, 0) is 22.6 Å². The van der Waals surface area contributed by atoms with E-state index in [1.807, 2.05) is 73.3 Å². The zero-order chi connectivity index (χ0) is 29.7. The van der Waals surface area contributed by atoms with Crippen molar-refractivity contribution in [2.75, 3.05) is 26.2 Å². The lowest BCUT2D eigenvalue weighted by Gasteiger charge is -2.28. The number of amides is 4. The van der Waals surface area contributed by atoms with Crippen molar-refractivity contribution in [2.24, 2.45) is 5.92 Å². The Morgan fingerprint density at radius 3 is 2.24 bits per heavy atom. The summed E-state index contributed by atoms with van der Waals surface area (Å²) in [5, 5.41) is 12.3. The molecule has 1 unspecified atom stereocenters. The van der Waals surface area contributed by atoms with E-state index in [0.717, 1.165) is 55.5 Å². The molecule has 2 saturated heterocycles. The van der Waals surface area contributed by atoms with Gasteiger partial charge in [-0.05, 0) is 61.4 Å². The van der Waals surface area contributed by atoms with Crippen molar-refractivity contribution in [3.63, 3.8) is 0 Å². The number of hydrogen-bond acceptors (Lipinski definition) is 5. The zero-order valence-electron chi connectivity index (χ0n) is 25.1. The van der Waals surface area contributed by atoms with Gasteiger partial charge >= 0.3 is 6.03 Å². The zero-order valence-corrected chi connectivity index (χ0v) is 25.1. The van der Waals surface area contributed by atoms with Gasteiger partial charge in [0.1, 0.15) is 24.4 Å². The van der Waals surface area contributed by atoms with Gasteiger partial charge in [0.15, 0.2) is 0 Å². The third kappa shape index (κ3) is 10.0. The molecule has 9 heteroatoms. The van der Waals surface area contributed by atoms with E-state index in [1.54, 1.807) is 0 Å². The van der Waals surface area contributed by atoms with E-state index in [0.29, 0.717) is 39.1 Å². The first kappa shape index (κ1) is 31.3. The molecular weight excluding hydrogens is 530 g/mol. The Morgan fingerprint density at radius 2 is 1.60 bits per heavy atom. The Morgan fingerprint density at radius 1 is 0.881 bits per heavy atom. The van der Waals surface area contributed by atoms with Crippen molar-refractivity contribution in [1.29, 1.82) is 0 Å². The summed E-state index contributed by atoms with van der Waals surface area (Å²) in [7, 11) is 0. The molecule has 9 nitrogen and oxygen atoms in total. The van der Waals surface area contributed by atoms with Crippen LogP contribution in [0.25, 0.3) is 0 Å². The lowest BCUT2D eigenvalue weighted by atomic mass is 10.0. The SMILES string of the molecule is CC(C)C[C@H](NC(=O)N1CCCCCC1)C(=O)N[C@@H](Cc1ccc(OCc2ccccc2)cc1)C(=O)NC1CCNC1. The van der Waals surface area contributed by atoms with Crippen LogP contribution in [0, 0.1) is 5.92 Å². The van der Waals surface area contributed by atoms with Crippen LogP contribution in [0.3, 0.4) is 0 Å². The van der Waals surface area contributed by atoms with Gasteiger partial charge in [-0.15, -0.1) is 0 Å². The van der Waals surface area contributed by atoms with Crippen LogP contribution >= 0.6 is 0 Å². The predicted molar refractivity (Wildman–Crippen MR) is 164 cm³/mol. The molecule has 0 spiro atoms. The molecule has 2 aromatic rings. The Hall–Kier alpha value is -3.59. The summed E-state index contributed by atoms with van der Waals surface area (Å²) >= 11 is 0. The van der Waals surface area contributed by atoms with Gasteiger partial charge in [-0.1, -0.05) is 69.2 Å². The topological polar surface area (TPSA) is 112 Å². The van der Waals surface area contributed by atoms with E-state index in [-0.39, 0.29) is 29.8 Å². The van der Waals surface area contributed by atoms with Gasteiger partial charge in [0.2, 0.25) is 11.8 Å². The number of urea groups is 1. The van der Waals surface area contributed by atoms with Crippen molar-refractivity contribution in [3.05, 3.63) is 65.7 Å². The van der Waals surface area contributed by atoms with Crippen molar-refractivity contribution in [1.82, 2.24) is 26.2 Å². The highest BCUT2D eigenvalue weighted by molar-refractivity contribution is 5.92. The summed E-state index contributed by atoms with van der Waals surface area (Å²) in [5.74, 6) is 0.367. The molecule has 42 heavy (non-hydrogen) atoms. The normalized spacial score (nSPS) is 18.5. The van der Waals surface area contributed by atoms with E-state index >= 15 is 0 Å². The van der Waals surface area contributed by atoms with E-state index in [2.05, 4.69) is 21.3 Å². The number of rotatable bonds is 12. The van der Waals surface area contributed by atoms with Crippen molar-refractivity contribution in [2.45, 2.75) is 83.5 Å². The monoisotopic (exact) mass is 577 g/mol. The van der Waals surface area contributed by atoms with E-state index in [4.69, 9.17) is 4.74 Å². The number of carbonyl (C=O) groups is 3. The van der Waals surface area contributed by atoms with Crippen LogP contribution < -0.4 is 26.0 Å². The first-order valence-electron chi connectivity index (χ1n) is 15.5. The predicted octanol–water partition coefficient (Wildman–Crippen LogP) is 3.77. The second-order valence-corrected chi connectivity index (χ2v) is 11.9. The number of carbonyl (C=O) groups excluding carboxylic acids is 3. The number of hydrogen-bond donors (Lipinski definition) is 4. The van der Waals surface area contributed by atoms with Gasteiger partial charge in [-0.25, -0.2) is 4.79 Å². The summed E-state index contributed by atoms with van der Waals surface area (Å²) in [4.78, 5) is 42.0. The molecule has 4 amide bonds. The van der Waals surface area contributed by atoms with Gasteiger partial charge in [0, 0.05) is 32.1 Å². The highest BCUT2D eigenvalue weighted by Crippen LogP contribution is 2.17. The lowest BCUT2D eigenvalue weighted by molar-refractivity contribution is -0.130. The van der Waals surface area contributed by atoms with Crippen LogP contribution in [0.15, 0.2) is 54.6 Å². The van der Waals surface area contributed by atoms with E-state index in [9.17, 15) is 14.4 Å². The Bertz CT molecular complexity index is 1130. The highest BCUT2D eigenvalue weighted by Gasteiger charge is 2.30. The third-order valence-electron chi connectivity index (χ3n) is 7.87. The molecule has 0 saturated carbocycles. The Balaban J connectivity index is 1.42. The van der Waals surface area contributed by atoms with Crippen LogP contribution in [0.5, 0.6) is 5.75 Å². The van der Waals surface area contributed by atoms with E-state index in [1.165, 1.54) is 0 Å². The number of benzene rings is 2. The summed E-state index contributed by atoms with van der Waals surface area (Å²) < 4.78 is 5.92. The fourth-order valence-corrected chi connectivity index (χ4v) is 5.48. The maximum atomic E-state index is 13.6. The quantitative estimate of drug-likeness (QED) is 0.307. The van der Waals surface area contributed by atoms with Gasteiger partial charge in [-0.3, -0.25) is 9.59 Å². The maximum Gasteiger partial charge on any atom is 0.318 e. The molecule has 0 bridgehead atoms. The number of ether oxygens (including phenoxy) is 1. The number of nitrogens with one attached hydrogen (secondary N) is 4. The molecule has 0 aliphatic carbocycles. The van der Waals surface area contributed by atoms with Gasteiger partial charge in [0.25, 0.3) is 0 Å². The first-order chi connectivity index (χ1) is 20.4. The second-order valence-electron chi connectivity index (χ2n) is 11.9. The molecular formula is C33H47N5O4. The first-order valence-corrected chi connectivity index (χ1v) is 15.5. The molecule has 2 aliphatic heterocycles. The Labute approximate surface area is 250 Å². The van der Waals surface area contributed by atoms with Crippen molar-refractivity contribution >= 4 is 17.8 Å². The van der Waals surface area contributed by atoms with Crippen molar-refractivity contribution in [3.8, 4) is 5.75 Å². The summed E-state index contributed by atoms with van der Waals surface area (Å²) in [5.41, 5.74) is 1.99. The van der Waals surface area contributed by atoms with Crippen LogP contribution in [0.4, 0.5) is 4.79 Å². The third-order valence-corrected chi connectivity index (χ3v) is 7.87. The van der Waals surface area contributed by atoms with Crippen LogP contribution in [-0.4, -0.2) is 67.0 Å². The second kappa shape index (κ2) is 16.2. The van der Waals surface area contributed by atoms with Gasteiger partial charge < -0.3 is 30.9 Å². The fraction of sp³-hybridized carbons (Fsp3) is 0.545. The highest BCUT2D eigenvalue weighted by atomic mass is 16.5. The number of nitrogens with zero attached hydrogens (tertiary/aromatic N) is 1. The number of likely N-dealkylation sites (tertiary alicyclic amines) is 1. The van der Waals surface area contributed by atoms with E-state index < -0.39 is 12.1 Å². The Kier molecular flexibility index (Phi) is 12.1. The summed E-state index contributed by atoms with van der Waals surface area (Å²) in [6, 6.07) is 15.9. The van der Waals surface area contributed by atoms with Gasteiger partial charge in [0.05, 0.1) is 0 Å². The molecule has 4 rings (SSSR count). The largest absolute Gasteiger partial charge is 0.489 e. The van der Waals surface area contributed by atoms with Crippen molar-refractivity contribution < 1.29 is 19.1 Å². The molecule has 2 aliphatic rings. The molecule has 3 atom stereocenters. The van der Waals surface area contributed by atoms with Crippen LogP contribution in [0.1, 0.15) is 63.5 Å². The van der Waals surface area contributed by atoms with Crippen LogP contribution in [0.2, 0.25) is 0 Å². The molecule has 2 heterocycles. The maximum absolute atomic E-state index is 13.6. The average molecular weight is 578 g/mol. The molecule has 2 fully saturated rings. The summed E-state index contributed by atoms with van der Waals surface area (Å²) in [6.45, 7) is 7.49. The molecule has 4 N–H and O–H groups in total.